The van der Waals surface area contributed by atoms with Gasteiger partial charge in [-0.25, -0.2) is 4.79 Å². The SMILES string of the molecule is COC(=O)C1=C(C)N(CC(C)C)C(=O)/C1=C/c1ccc(CNC(=O)C(=O)Nc2cc(Cl)cc(Cl)c2)o1. The Morgan fingerprint density at radius 3 is 2.39 bits per heavy atom. The van der Waals surface area contributed by atoms with Crippen molar-refractivity contribution in [3.05, 3.63) is 68.7 Å². The van der Waals surface area contributed by atoms with Crippen LogP contribution in [0, 0.1) is 5.92 Å². The summed E-state index contributed by atoms with van der Waals surface area (Å²) in [5.74, 6) is -1.94. The van der Waals surface area contributed by atoms with Gasteiger partial charge in [-0.3, -0.25) is 14.4 Å². The van der Waals surface area contributed by atoms with E-state index in [1.54, 1.807) is 24.0 Å². The van der Waals surface area contributed by atoms with Crippen LogP contribution >= 0.6 is 23.2 Å². The van der Waals surface area contributed by atoms with Crippen LogP contribution in [-0.4, -0.2) is 42.2 Å². The maximum Gasteiger partial charge on any atom is 0.340 e. The van der Waals surface area contributed by atoms with Crippen molar-refractivity contribution in [3.8, 4) is 0 Å². The minimum Gasteiger partial charge on any atom is -0.465 e. The Bertz CT molecular complexity index is 1260. The molecule has 0 fully saturated rings. The van der Waals surface area contributed by atoms with Crippen molar-refractivity contribution in [2.24, 2.45) is 5.92 Å². The number of furan rings is 1. The summed E-state index contributed by atoms with van der Waals surface area (Å²) in [6.45, 7) is 5.99. The van der Waals surface area contributed by atoms with Gasteiger partial charge in [-0.05, 0) is 49.2 Å². The average molecular weight is 534 g/mol. The number of allylic oxidation sites excluding steroid dienone is 1. The molecule has 0 bridgehead atoms. The third-order valence-electron chi connectivity index (χ3n) is 5.17. The summed E-state index contributed by atoms with van der Waals surface area (Å²) in [4.78, 5) is 51.3. The second-order valence-electron chi connectivity index (χ2n) is 8.42. The summed E-state index contributed by atoms with van der Waals surface area (Å²) in [6.07, 6.45) is 1.46. The fourth-order valence-corrected chi connectivity index (χ4v) is 4.11. The van der Waals surface area contributed by atoms with E-state index in [1.807, 2.05) is 13.8 Å². The van der Waals surface area contributed by atoms with Crippen LogP contribution in [0.5, 0.6) is 0 Å². The minimum absolute atomic E-state index is 0.0854. The van der Waals surface area contributed by atoms with Gasteiger partial charge in [0.25, 0.3) is 5.91 Å². The van der Waals surface area contributed by atoms with Gasteiger partial charge in [0.2, 0.25) is 0 Å². The molecule has 3 rings (SSSR count). The van der Waals surface area contributed by atoms with Crippen LogP contribution in [0.15, 0.2) is 51.6 Å². The lowest BCUT2D eigenvalue weighted by molar-refractivity contribution is -0.136. The van der Waals surface area contributed by atoms with Crippen LogP contribution in [0.1, 0.15) is 32.3 Å². The molecule has 0 saturated heterocycles. The Balaban J connectivity index is 1.70. The number of carbonyl (C=O) groups excluding carboxylic acids is 4. The van der Waals surface area contributed by atoms with E-state index in [2.05, 4.69) is 10.6 Å². The number of halogens is 2. The number of benzene rings is 1. The molecule has 3 amide bonds. The van der Waals surface area contributed by atoms with E-state index in [9.17, 15) is 19.2 Å². The highest BCUT2D eigenvalue weighted by atomic mass is 35.5. The second-order valence-corrected chi connectivity index (χ2v) is 9.29. The van der Waals surface area contributed by atoms with E-state index in [0.29, 0.717) is 33.8 Å². The summed E-state index contributed by atoms with van der Waals surface area (Å²) in [7, 11) is 1.25. The monoisotopic (exact) mass is 533 g/mol. The third kappa shape index (κ3) is 6.35. The van der Waals surface area contributed by atoms with Crippen molar-refractivity contribution in [2.75, 3.05) is 19.0 Å². The topological polar surface area (TPSA) is 118 Å². The van der Waals surface area contributed by atoms with Gasteiger partial charge < -0.3 is 24.7 Å². The summed E-state index contributed by atoms with van der Waals surface area (Å²) < 4.78 is 10.6. The predicted molar refractivity (Wildman–Crippen MR) is 135 cm³/mol. The quantitative estimate of drug-likeness (QED) is 0.313. The molecule has 0 spiro atoms. The van der Waals surface area contributed by atoms with Gasteiger partial charge in [0.15, 0.2) is 0 Å². The number of methoxy groups -OCH3 is 1. The molecule has 0 unspecified atom stereocenters. The van der Waals surface area contributed by atoms with E-state index in [-0.39, 0.29) is 35.2 Å². The molecule has 0 saturated carbocycles. The van der Waals surface area contributed by atoms with Crippen LogP contribution in [0.4, 0.5) is 5.69 Å². The van der Waals surface area contributed by atoms with Crippen LogP contribution in [0.2, 0.25) is 10.0 Å². The second kappa shape index (κ2) is 11.5. The first-order valence-corrected chi connectivity index (χ1v) is 11.7. The molecule has 1 aliphatic rings. The first kappa shape index (κ1) is 27.0. The van der Waals surface area contributed by atoms with Gasteiger partial charge in [0.05, 0.1) is 24.8 Å². The third-order valence-corrected chi connectivity index (χ3v) is 5.60. The summed E-state index contributed by atoms with van der Waals surface area (Å²) >= 11 is 11.8. The summed E-state index contributed by atoms with van der Waals surface area (Å²) in [5.41, 5.74) is 1.12. The van der Waals surface area contributed by atoms with Gasteiger partial charge in [0, 0.05) is 28.0 Å². The number of hydrogen-bond donors (Lipinski definition) is 2. The van der Waals surface area contributed by atoms with Gasteiger partial charge in [-0.1, -0.05) is 37.0 Å². The molecular weight excluding hydrogens is 509 g/mol. The lowest BCUT2D eigenvalue weighted by atomic mass is 10.1. The number of amides is 3. The molecule has 1 aromatic carbocycles. The highest BCUT2D eigenvalue weighted by Crippen LogP contribution is 2.32. The van der Waals surface area contributed by atoms with Crippen LogP contribution in [0.3, 0.4) is 0 Å². The number of ether oxygens (including phenoxy) is 1. The van der Waals surface area contributed by atoms with E-state index in [0.717, 1.165) is 0 Å². The fourth-order valence-electron chi connectivity index (χ4n) is 3.58. The molecule has 2 N–H and O–H groups in total. The fraction of sp³-hybridized carbons (Fsp3) is 0.280. The zero-order chi connectivity index (χ0) is 26.6. The normalized spacial score (nSPS) is 14.6. The van der Waals surface area contributed by atoms with E-state index in [1.165, 1.54) is 31.4 Å². The van der Waals surface area contributed by atoms with Crippen molar-refractivity contribution in [1.29, 1.82) is 0 Å². The lowest BCUT2D eigenvalue weighted by Gasteiger charge is -2.19. The van der Waals surface area contributed by atoms with Crippen LogP contribution < -0.4 is 10.6 Å². The van der Waals surface area contributed by atoms with E-state index >= 15 is 0 Å². The number of rotatable bonds is 7. The van der Waals surface area contributed by atoms with Crippen LogP contribution in [-0.2, 0) is 30.5 Å². The molecule has 190 valence electrons. The van der Waals surface area contributed by atoms with Crippen molar-refractivity contribution in [3.63, 3.8) is 0 Å². The lowest BCUT2D eigenvalue weighted by Crippen LogP contribution is -2.34. The molecule has 0 atom stereocenters. The Morgan fingerprint density at radius 1 is 1.11 bits per heavy atom. The smallest absolute Gasteiger partial charge is 0.340 e. The van der Waals surface area contributed by atoms with Crippen molar-refractivity contribution < 1.29 is 28.3 Å². The molecule has 1 aliphatic heterocycles. The maximum absolute atomic E-state index is 13.0. The number of nitrogens with one attached hydrogen (secondary N) is 2. The molecule has 0 aliphatic carbocycles. The number of hydrogen-bond acceptors (Lipinski definition) is 6. The van der Waals surface area contributed by atoms with Gasteiger partial charge >= 0.3 is 17.8 Å². The zero-order valence-electron chi connectivity index (χ0n) is 20.1. The number of anilines is 1. The van der Waals surface area contributed by atoms with Crippen LogP contribution in [0.25, 0.3) is 6.08 Å². The first-order valence-electron chi connectivity index (χ1n) is 11.0. The average Bonchev–Trinajstić information content (AvgIpc) is 3.34. The molecule has 9 nitrogen and oxygen atoms in total. The Labute approximate surface area is 218 Å². The molecule has 2 heterocycles. The largest absolute Gasteiger partial charge is 0.465 e. The molecule has 2 aromatic rings. The molecule has 36 heavy (non-hydrogen) atoms. The minimum atomic E-state index is -0.910. The maximum atomic E-state index is 13.0. The van der Waals surface area contributed by atoms with E-state index in [4.69, 9.17) is 32.4 Å². The van der Waals surface area contributed by atoms with Crippen molar-refractivity contribution in [2.45, 2.75) is 27.3 Å². The number of esters is 1. The Morgan fingerprint density at radius 2 is 1.78 bits per heavy atom. The molecular formula is C25H25Cl2N3O6. The standard InChI is InChI=1S/C25H25Cl2N3O6/c1-13(2)12-30-14(3)21(25(34)35-4)20(24(30)33)10-18-5-6-19(36-18)11-28-22(31)23(32)29-17-8-15(26)7-16(27)9-17/h5-10,13H,11-12H2,1-4H3,(H,28,31)(H,29,32)/b20-10+. The molecule has 0 radical (unpaired) electrons. The van der Waals surface area contributed by atoms with E-state index < -0.39 is 17.8 Å². The zero-order valence-corrected chi connectivity index (χ0v) is 21.6. The van der Waals surface area contributed by atoms with Gasteiger partial charge in [-0.2, -0.15) is 0 Å². The number of carbonyl (C=O) groups is 4. The molecule has 11 heteroatoms. The predicted octanol–water partition coefficient (Wildman–Crippen LogP) is 4.17. The Kier molecular flexibility index (Phi) is 8.60. The van der Waals surface area contributed by atoms with Gasteiger partial charge in [0.1, 0.15) is 11.5 Å². The van der Waals surface area contributed by atoms with Gasteiger partial charge in [-0.15, -0.1) is 0 Å². The van der Waals surface area contributed by atoms with Crippen molar-refractivity contribution in [1.82, 2.24) is 10.2 Å². The summed E-state index contributed by atoms with van der Waals surface area (Å²) in [5, 5.41) is 5.47. The molecule has 1 aromatic heterocycles. The highest BCUT2D eigenvalue weighted by molar-refractivity contribution is 6.40. The first-order chi connectivity index (χ1) is 17.0. The van der Waals surface area contributed by atoms with Crippen molar-refractivity contribution >= 4 is 58.7 Å². The number of nitrogens with zero attached hydrogens (tertiary/aromatic N) is 1. The Hall–Kier alpha value is -3.56. The summed E-state index contributed by atoms with van der Waals surface area (Å²) in [6, 6.07) is 7.58. The highest BCUT2D eigenvalue weighted by Gasteiger charge is 2.37.